The molecule has 0 aliphatic heterocycles. The van der Waals surface area contributed by atoms with E-state index in [-0.39, 0.29) is 0 Å². The van der Waals surface area contributed by atoms with Gasteiger partial charge < -0.3 is 0 Å². The number of hydrogen-bond donors (Lipinski definition) is 0. The Labute approximate surface area is 87.6 Å². The van der Waals surface area contributed by atoms with E-state index in [4.69, 9.17) is 0 Å². The number of allylic oxidation sites excluding steroid dienone is 1. The third-order valence-corrected chi connectivity index (χ3v) is 3.10. The quantitative estimate of drug-likeness (QED) is 0.532. The minimum atomic E-state index is 0.997. The summed E-state index contributed by atoms with van der Waals surface area (Å²) >= 11 is 0. The van der Waals surface area contributed by atoms with E-state index in [1.54, 1.807) is 0 Å². The van der Waals surface area contributed by atoms with Crippen molar-refractivity contribution in [1.82, 2.24) is 0 Å². The van der Waals surface area contributed by atoms with E-state index in [1.807, 2.05) is 5.94 Å². The van der Waals surface area contributed by atoms with Gasteiger partial charge >= 0.3 is 0 Å². The first-order chi connectivity index (χ1) is 6.93. The predicted molar refractivity (Wildman–Crippen MR) is 60.0 cm³/mol. The molecule has 0 N–H and O–H groups in total. The zero-order chi connectivity index (χ0) is 10.1. The Morgan fingerprint density at radius 3 is 1.29 bits per heavy atom. The first-order valence-corrected chi connectivity index (χ1v) is 6.16. The molecule has 2 aliphatic carbocycles. The maximum Gasteiger partial charge on any atom is 0.123 e. The lowest BCUT2D eigenvalue weighted by Crippen LogP contribution is -1.93. The molecule has 0 heterocycles. The summed E-state index contributed by atoms with van der Waals surface area (Å²) in [5.41, 5.74) is 0.997. The van der Waals surface area contributed by atoms with E-state index in [0.717, 1.165) is 18.4 Å². The van der Waals surface area contributed by atoms with Crippen LogP contribution in [-0.4, -0.2) is 5.94 Å². The smallest absolute Gasteiger partial charge is 0.123 e. The van der Waals surface area contributed by atoms with Crippen LogP contribution in [0.2, 0.25) is 0 Å². The van der Waals surface area contributed by atoms with Crippen molar-refractivity contribution < 1.29 is 4.79 Å². The monoisotopic (exact) mass is 194 g/mol. The molecule has 0 aromatic carbocycles. The van der Waals surface area contributed by atoms with Crippen LogP contribution in [0.4, 0.5) is 0 Å². The molecule has 2 fully saturated rings. The molecule has 0 amide bonds. The lowest BCUT2D eigenvalue weighted by atomic mass is 9.96. The van der Waals surface area contributed by atoms with Gasteiger partial charge in [-0.15, -0.1) is 0 Å². The first kappa shape index (κ1) is 11.5. The van der Waals surface area contributed by atoms with E-state index in [9.17, 15) is 4.79 Å². The molecule has 1 heteroatoms. The number of hydrogen-bond acceptors (Lipinski definition) is 1. The summed E-state index contributed by atoms with van der Waals surface area (Å²) in [5.74, 6) is 1.97. The summed E-state index contributed by atoms with van der Waals surface area (Å²) in [7, 11) is 0. The second-order valence-electron chi connectivity index (χ2n) is 4.39. The fraction of sp³-hybridized carbons (Fsp3) is 0.846. The summed E-state index contributed by atoms with van der Waals surface area (Å²) in [4.78, 5) is 10.00. The molecule has 2 rings (SSSR count). The zero-order valence-electron chi connectivity index (χ0n) is 9.19. The Bertz CT molecular complexity index is 166. The van der Waals surface area contributed by atoms with Crippen molar-refractivity contribution in [2.24, 2.45) is 0 Å². The van der Waals surface area contributed by atoms with Gasteiger partial charge in [0.25, 0.3) is 0 Å². The van der Waals surface area contributed by atoms with Crippen molar-refractivity contribution in [2.45, 2.75) is 70.6 Å². The maximum atomic E-state index is 10.00. The van der Waals surface area contributed by atoms with Gasteiger partial charge in [0, 0.05) is 5.57 Å². The average Bonchev–Trinajstić information content (AvgIpc) is 2.33. The zero-order valence-corrected chi connectivity index (χ0v) is 9.19. The molecule has 0 bridgehead atoms. The van der Waals surface area contributed by atoms with Crippen LogP contribution in [0.1, 0.15) is 70.6 Å². The van der Waals surface area contributed by atoms with Gasteiger partial charge in [-0.1, -0.05) is 44.9 Å². The van der Waals surface area contributed by atoms with E-state index < -0.39 is 0 Å². The molecule has 0 atom stereocenters. The van der Waals surface area contributed by atoms with Crippen LogP contribution < -0.4 is 0 Å². The lowest BCUT2D eigenvalue weighted by Gasteiger charge is -2.08. The number of rotatable bonds is 0. The van der Waals surface area contributed by atoms with Crippen LogP contribution in [0, 0.1) is 0 Å². The standard InChI is InChI=1S/C7H10O.C6H12/c8-6-7-4-2-1-3-5-7;1-2-4-6-5-3-1/h1-5H2;1-6H2. The van der Waals surface area contributed by atoms with Crippen LogP contribution in [-0.2, 0) is 4.79 Å². The summed E-state index contributed by atoms with van der Waals surface area (Å²) in [6, 6.07) is 0. The van der Waals surface area contributed by atoms with Crippen molar-refractivity contribution in [3.8, 4) is 0 Å². The van der Waals surface area contributed by atoms with Gasteiger partial charge in [0.2, 0.25) is 0 Å². The Kier molecular flexibility index (Phi) is 6.43. The van der Waals surface area contributed by atoms with Crippen molar-refractivity contribution >= 4 is 5.94 Å². The molecule has 0 aromatic heterocycles. The van der Waals surface area contributed by atoms with E-state index in [0.29, 0.717) is 0 Å². The van der Waals surface area contributed by atoms with Gasteiger partial charge in [0.05, 0.1) is 0 Å². The molecule has 0 spiro atoms. The van der Waals surface area contributed by atoms with E-state index in [1.165, 1.54) is 57.8 Å². The molecule has 0 unspecified atom stereocenters. The Morgan fingerprint density at radius 2 is 1.00 bits per heavy atom. The Hall–Kier alpha value is -0.550. The van der Waals surface area contributed by atoms with E-state index in [2.05, 4.69) is 0 Å². The summed E-state index contributed by atoms with van der Waals surface area (Å²) in [6.45, 7) is 0. The molecular formula is C13H22O. The van der Waals surface area contributed by atoms with Crippen molar-refractivity contribution in [1.29, 1.82) is 0 Å². The molecule has 0 saturated heterocycles. The second kappa shape index (κ2) is 7.82. The van der Waals surface area contributed by atoms with Crippen LogP contribution in [0.3, 0.4) is 0 Å². The highest BCUT2D eigenvalue weighted by molar-refractivity contribution is 5.52. The SMILES string of the molecule is C1CCCCC1.O=C=C1CCCCC1. The van der Waals surface area contributed by atoms with Crippen molar-refractivity contribution in [3.63, 3.8) is 0 Å². The van der Waals surface area contributed by atoms with Crippen LogP contribution in [0.15, 0.2) is 5.57 Å². The third-order valence-electron chi connectivity index (χ3n) is 3.10. The Balaban J connectivity index is 0.000000146. The average molecular weight is 194 g/mol. The first-order valence-electron chi connectivity index (χ1n) is 6.16. The molecule has 0 radical (unpaired) electrons. The van der Waals surface area contributed by atoms with Gasteiger partial charge in [-0.05, 0) is 25.7 Å². The van der Waals surface area contributed by atoms with Crippen LogP contribution in [0.25, 0.3) is 0 Å². The maximum absolute atomic E-state index is 10.00. The molecular weight excluding hydrogens is 172 g/mol. The lowest BCUT2D eigenvalue weighted by molar-refractivity contribution is 0.504. The molecule has 1 nitrogen and oxygen atoms in total. The topological polar surface area (TPSA) is 17.1 Å². The van der Waals surface area contributed by atoms with Crippen LogP contribution in [0.5, 0.6) is 0 Å². The normalized spacial score (nSPS) is 21.9. The van der Waals surface area contributed by atoms with E-state index >= 15 is 0 Å². The summed E-state index contributed by atoms with van der Waals surface area (Å²) < 4.78 is 0. The fourth-order valence-electron chi connectivity index (χ4n) is 2.14. The summed E-state index contributed by atoms with van der Waals surface area (Å²) in [5, 5.41) is 0. The van der Waals surface area contributed by atoms with Gasteiger partial charge in [0.1, 0.15) is 5.94 Å². The van der Waals surface area contributed by atoms with Gasteiger partial charge in [0.15, 0.2) is 0 Å². The van der Waals surface area contributed by atoms with Gasteiger partial charge in [-0.25, -0.2) is 4.79 Å². The summed E-state index contributed by atoms with van der Waals surface area (Å²) in [6.07, 6.45) is 14.7. The van der Waals surface area contributed by atoms with Crippen LogP contribution >= 0.6 is 0 Å². The highest BCUT2D eigenvalue weighted by Crippen LogP contribution is 2.19. The Morgan fingerprint density at radius 1 is 0.643 bits per heavy atom. The predicted octanol–water partition coefficient (Wildman–Crippen LogP) is 4.05. The molecule has 0 aromatic rings. The third kappa shape index (κ3) is 5.24. The highest BCUT2D eigenvalue weighted by atomic mass is 16.1. The number of carbonyl (C=O) groups excluding carboxylic acids is 1. The second-order valence-corrected chi connectivity index (χ2v) is 4.39. The molecule has 80 valence electrons. The largest absolute Gasteiger partial charge is 0.234 e. The molecule has 2 aliphatic rings. The minimum absolute atomic E-state index is 0.997. The van der Waals surface area contributed by atoms with Gasteiger partial charge in [-0.2, -0.15) is 0 Å². The van der Waals surface area contributed by atoms with Crippen molar-refractivity contribution in [2.75, 3.05) is 0 Å². The fourth-order valence-corrected chi connectivity index (χ4v) is 2.14. The minimum Gasteiger partial charge on any atom is -0.234 e. The molecule has 14 heavy (non-hydrogen) atoms. The van der Waals surface area contributed by atoms with Gasteiger partial charge in [-0.3, -0.25) is 0 Å². The molecule has 2 saturated carbocycles. The van der Waals surface area contributed by atoms with Crippen molar-refractivity contribution in [3.05, 3.63) is 5.57 Å². The highest BCUT2D eigenvalue weighted by Gasteiger charge is 2.04.